The Balaban J connectivity index is 1.45. The number of guanidine groups is 1. The molecule has 2 aromatic heterocycles. The number of hydrogen-bond acceptors (Lipinski definition) is 4. The topological polar surface area (TPSA) is 96.5 Å². The maximum atomic E-state index is 11.8. The van der Waals surface area contributed by atoms with Crippen LogP contribution in [0, 0.1) is 0 Å². The van der Waals surface area contributed by atoms with Gasteiger partial charge in [-0.25, -0.2) is 0 Å². The fourth-order valence-corrected chi connectivity index (χ4v) is 2.70. The van der Waals surface area contributed by atoms with E-state index in [4.69, 9.17) is 4.42 Å². The Bertz CT molecular complexity index is 887. The summed E-state index contributed by atoms with van der Waals surface area (Å²) in [4.78, 5) is 16.0. The van der Waals surface area contributed by atoms with Crippen molar-refractivity contribution < 1.29 is 9.21 Å². The summed E-state index contributed by atoms with van der Waals surface area (Å²) in [6.45, 7) is 2.35. The van der Waals surface area contributed by atoms with Gasteiger partial charge in [-0.15, -0.1) is 0 Å². The Labute approximate surface area is 163 Å². The van der Waals surface area contributed by atoms with Crippen molar-refractivity contribution in [1.82, 2.24) is 25.7 Å². The minimum absolute atomic E-state index is 0.234. The van der Waals surface area contributed by atoms with Crippen molar-refractivity contribution >= 4 is 11.9 Å². The lowest BCUT2D eigenvalue weighted by Gasteiger charge is -2.14. The minimum atomic E-state index is -0.234. The van der Waals surface area contributed by atoms with Crippen molar-refractivity contribution in [3.05, 3.63) is 78.0 Å². The van der Waals surface area contributed by atoms with E-state index in [9.17, 15) is 4.79 Å². The number of furan rings is 1. The van der Waals surface area contributed by atoms with Crippen molar-refractivity contribution in [1.29, 1.82) is 0 Å². The normalized spacial score (nSPS) is 11.2. The average molecular weight is 380 g/mol. The van der Waals surface area contributed by atoms with Crippen LogP contribution < -0.4 is 16.0 Å². The van der Waals surface area contributed by atoms with Crippen LogP contribution >= 0.6 is 0 Å². The fourth-order valence-electron chi connectivity index (χ4n) is 2.70. The van der Waals surface area contributed by atoms with Gasteiger partial charge >= 0.3 is 0 Å². The molecule has 0 aliphatic rings. The molecule has 0 unspecified atom stereocenters. The number of benzene rings is 1. The lowest BCUT2D eigenvalue weighted by atomic mass is 10.1. The van der Waals surface area contributed by atoms with Crippen LogP contribution in [0.5, 0.6) is 0 Å². The Morgan fingerprint density at radius 3 is 2.61 bits per heavy atom. The Hall–Kier alpha value is -3.55. The largest absolute Gasteiger partial charge is 0.459 e. The first-order valence-corrected chi connectivity index (χ1v) is 9.06. The van der Waals surface area contributed by atoms with Gasteiger partial charge in [-0.2, -0.15) is 5.10 Å². The number of aromatic nitrogens is 2. The molecule has 3 N–H and O–H groups in total. The van der Waals surface area contributed by atoms with Crippen LogP contribution in [-0.2, 0) is 13.1 Å². The highest BCUT2D eigenvalue weighted by atomic mass is 16.3. The molecule has 0 radical (unpaired) electrons. The molecule has 0 atom stereocenters. The Morgan fingerprint density at radius 1 is 1.07 bits per heavy atom. The zero-order chi connectivity index (χ0) is 19.6. The molecule has 0 bridgehead atoms. The number of carbonyl (C=O) groups excluding carboxylic acids is 1. The Morgan fingerprint density at radius 2 is 1.89 bits per heavy atom. The van der Waals surface area contributed by atoms with Gasteiger partial charge in [0, 0.05) is 39.1 Å². The van der Waals surface area contributed by atoms with Crippen molar-refractivity contribution in [2.45, 2.75) is 13.1 Å². The molecule has 1 amide bonds. The summed E-state index contributed by atoms with van der Waals surface area (Å²) >= 11 is 0. The fraction of sp³-hybridized carbons (Fsp3) is 0.250. The molecule has 8 nitrogen and oxygen atoms in total. The highest BCUT2D eigenvalue weighted by molar-refractivity contribution is 5.91. The first kappa shape index (κ1) is 19.2. The molecule has 8 heteroatoms. The van der Waals surface area contributed by atoms with E-state index in [0.29, 0.717) is 31.4 Å². The standard InChI is InChI=1S/C20H24N6O2/c1-21-20(23-11-10-22-19(27)18-8-4-13-28-18)24-14-16-6-2-3-7-17(16)15-26-12-5-9-25-26/h2-9,12-13H,10-11,14-15H2,1H3,(H,22,27)(H2,21,23,24). The summed E-state index contributed by atoms with van der Waals surface area (Å²) in [5.41, 5.74) is 2.37. The predicted octanol–water partition coefficient (Wildman–Crippen LogP) is 1.62. The molecule has 0 saturated heterocycles. The average Bonchev–Trinajstić information content (AvgIpc) is 3.42. The molecule has 146 valence electrons. The van der Waals surface area contributed by atoms with Gasteiger partial charge in [-0.05, 0) is 29.3 Å². The molecular formula is C20H24N6O2. The van der Waals surface area contributed by atoms with Crippen molar-refractivity contribution in [3.63, 3.8) is 0 Å². The van der Waals surface area contributed by atoms with E-state index < -0.39 is 0 Å². The zero-order valence-electron chi connectivity index (χ0n) is 15.8. The van der Waals surface area contributed by atoms with Crippen LogP contribution in [0.2, 0.25) is 0 Å². The zero-order valence-corrected chi connectivity index (χ0v) is 15.8. The highest BCUT2D eigenvalue weighted by Crippen LogP contribution is 2.10. The number of hydrogen-bond donors (Lipinski definition) is 3. The number of carbonyl (C=O) groups is 1. The monoisotopic (exact) mass is 380 g/mol. The lowest BCUT2D eigenvalue weighted by Crippen LogP contribution is -2.41. The molecule has 0 aliphatic heterocycles. The van der Waals surface area contributed by atoms with Crippen molar-refractivity contribution in [2.75, 3.05) is 20.1 Å². The molecule has 2 heterocycles. The van der Waals surface area contributed by atoms with Gasteiger partial charge in [0.1, 0.15) is 0 Å². The second-order valence-electron chi connectivity index (χ2n) is 6.06. The molecule has 3 aromatic rings. The number of aliphatic imine (C=N–C) groups is 1. The minimum Gasteiger partial charge on any atom is -0.459 e. The van der Waals surface area contributed by atoms with E-state index in [2.05, 4.69) is 38.2 Å². The SMILES string of the molecule is CN=C(NCCNC(=O)c1ccco1)NCc1ccccc1Cn1cccn1. The van der Waals surface area contributed by atoms with Crippen LogP contribution in [-0.4, -0.2) is 41.8 Å². The van der Waals surface area contributed by atoms with Gasteiger partial charge < -0.3 is 20.4 Å². The van der Waals surface area contributed by atoms with E-state index in [0.717, 1.165) is 6.54 Å². The van der Waals surface area contributed by atoms with Crippen LogP contribution in [0.4, 0.5) is 0 Å². The van der Waals surface area contributed by atoms with Gasteiger partial charge in [0.25, 0.3) is 5.91 Å². The van der Waals surface area contributed by atoms with Gasteiger partial charge in [-0.3, -0.25) is 14.5 Å². The summed E-state index contributed by atoms with van der Waals surface area (Å²) in [5.74, 6) is 0.736. The summed E-state index contributed by atoms with van der Waals surface area (Å²) in [5, 5.41) is 13.5. The Kier molecular flexibility index (Phi) is 6.84. The first-order chi connectivity index (χ1) is 13.8. The first-order valence-electron chi connectivity index (χ1n) is 9.06. The maximum Gasteiger partial charge on any atom is 0.287 e. The van der Waals surface area contributed by atoms with E-state index in [-0.39, 0.29) is 5.91 Å². The van der Waals surface area contributed by atoms with Crippen LogP contribution in [0.15, 0.2) is 70.5 Å². The number of nitrogens with zero attached hydrogens (tertiary/aromatic N) is 3. The predicted molar refractivity (Wildman–Crippen MR) is 107 cm³/mol. The molecule has 1 aromatic carbocycles. The quantitative estimate of drug-likeness (QED) is 0.313. The van der Waals surface area contributed by atoms with Gasteiger partial charge in [0.15, 0.2) is 11.7 Å². The second kappa shape index (κ2) is 9.96. The summed E-state index contributed by atoms with van der Waals surface area (Å²) < 4.78 is 6.95. The highest BCUT2D eigenvalue weighted by Gasteiger charge is 2.07. The van der Waals surface area contributed by atoms with Crippen LogP contribution in [0.25, 0.3) is 0 Å². The number of nitrogens with one attached hydrogen (secondary N) is 3. The molecule has 3 rings (SSSR count). The molecule has 0 aliphatic carbocycles. The third-order valence-electron chi connectivity index (χ3n) is 4.13. The molecule has 0 saturated carbocycles. The summed E-state index contributed by atoms with van der Waals surface area (Å²) in [6.07, 6.45) is 5.20. The second-order valence-corrected chi connectivity index (χ2v) is 6.06. The number of amides is 1. The lowest BCUT2D eigenvalue weighted by molar-refractivity contribution is 0.0926. The van der Waals surface area contributed by atoms with E-state index in [1.807, 2.05) is 29.1 Å². The van der Waals surface area contributed by atoms with Crippen LogP contribution in [0.3, 0.4) is 0 Å². The smallest absolute Gasteiger partial charge is 0.287 e. The van der Waals surface area contributed by atoms with Gasteiger partial charge in [0.2, 0.25) is 0 Å². The van der Waals surface area contributed by atoms with Gasteiger partial charge in [0.05, 0.1) is 12.8 Å². The summed E-state index contributed by atoms with van der Waals surface area (Å²) in [6, 6.07) is 13.5. The summed E-state index contributed by atoms with van der Waals surface area (Å²) in [7, 11) is 1.71. The molecule has 28 heavy (non-hydrogen) atoms. The molecule has 0 spiro atoms. The van der Waals surface area contributed by atoms with E-state index in [1.54, 1.807) is 25.4 Å². The molecule has 0 fully saturated rings. The third-order valence-corrected chi connectivity index (χ3v) is 4.13. The van der Waals surface area contributed by atoms with E-state index >= 15 is 0 Å². The van der Waals surface area contributed by atoms with Crippen molar-refractivity contribution in [3.8, 4) is 0 Å². The molecular weight excluding hydrogens is 356 g/mol. The third kappa shape index (κ3) is 5.47. The van der Waals surface area contributed by atoms with E-state index in [1.165, 1.54) is 17.4 Å². The van der Waals surface area contributed by atoms with Crippen LogP contribution in [0.1, 0.15) is 21.7 Å². The number of rotatable bonds is 8. The van der Waals surface area contributed by atoms with Gasteiger partial charge in [-0.1, -0.05) is 24.3 Å². The maximum absolute atomic E-state index is 11.8. The van der Waals surface area contributed by atoms with Crippen molar-refractivity contribution in [2.24, 2.45) is 4.99 Å².